The minimum Gasteiger partial charge on any atom is -0.315 e. The highest BCUT2D eigenvalue weighted by Gasteiger charge is 2.33. The Balaban J connectivity index is 2.13. The molecule has 0 aliphatic carbocycles. The van der Waals surface area contributed by atoms with Crippen molar-refractivity contribution in [2.45, 2.75) is 12.1 Å². The van der Waals surface area contributed by atoms with Crippen molar-refractivity contribution in [2.75, 3.05) is 20.1 Å². The second kappa shape index (κ2) is 4.60. The predicted octanol–water partition coefficient (Wildman–Crippen LogP) is 1.29. The summed E-state index contributed by atoms with van der Waals surface area (Å²) in [5, 5.41) is 12.3. The molecule has 84 valence electrons. The SMILES string of the molecule is CNC1CN([C@H](C#N)c2ccccc2F)C1. The molecule has 1 atom stereocenters. The normalized spacial score (nSPS) is 18.8. The van der Waals surface area contributed by atoms with Crippen LogP contribution in [0.15, 0.2) is 24.3 Å². The van der Waals surface area contributed by atoms with Crippen LogP contribution in [0.3, 0.4) is 0 Å². The van der Waals surface area contributed by atoms with Gasteiger partial charge in [-0.1, -0.05) is 18.2 Å². The Kier molecular flexibility index (Phi) is 3.18. The smallest absolute Gasteiger partial charge is 0.129 e. The first-order valence-electron chi connectivity index (χ1n) is 5.31. The number of hydrogen-bond donors (Lipinski definition) is 1. The highest BCUT2D eigenvalue weighted by Crippen LogP contribution is 2.26. The summed E-state index contributed by atoms with van der Waals surface area (Å²) in [6.07, 6.45) is 0. The minimum atomic E-state index is -0.467. The van der Waals surface area contributed by atoms with Gasteiger partial charge in [0.05, 0.1) is 6.07 Å². The van der Waals surface area contributed by atoms with Gasteiger partial charge in [0.15, 0.2) is 0 Å². The Morgan fingerprint density at radius 2 is 2.19 bits per heavy atom. The zero-order chi connectivity index (χ0) is 11.5. The molecule has 1 saturated heterocycles. The Hall–Kier alpha value is -1.44. The fraction of sp³-hybridized carbons (Fsp3) is 0.417. The molecule has 1 N–H and O–H groups in total. The molecule has 0 radical (unpaired) electrons. The van der Waals surface area contributed by atoms with Gasteiger partial charge in [0.2, 0.25) is 0 Å². The second-order valence-corrected chi connectivity index (χ2v) is 3.99. The first-order valence-corrected chi connectivity index (χ1v) is 5.31. The molecule has 1 heterocycles. The molecule has 0 aromatic heterocycles. The van der Waals surface area contributed by atoms with Gasteiger partial charge in [-0.25, -0.2) is 4.39 Å². The molecule has 0 bridgehead atoms. The summed E-state index contributed by atoms with van der Waals surface area (Å²) >= 11 is 0. The third-order valence-corrected chi connectivity index (χ3v) is 3.01. The molecule has 1 aromatic rings. The van der Waals surface area contributed by atoms with E-state index in [1.165, 1.54) is 6.07 Å². The van der Waals surface area contributed by atoms with Gasteiger partial charge in [0.25, 0.3) is 0 Å². The molecule has 2 rings (SSSR count). The van der Waals surface area contributed by atoms with E-state index in [9.17, 15) is 4.39 Å². The van der Waals surface area contributed by atoms with E-state index in [0.717, 1.165) is 13.1 Å². The lowest BCUT2D eigenvalue weighted by atomic mass is 10.00. The minimum absolute atomic E-state index is 0.304. The fourth-order valence-electron chi connectivity index (χ4n) is 1.95. The number of nitrogens with one attached hydrogen (secondary N) is 1. The summed E-state index contributed by atoms with van der Waals surface area (Å²) in [5.41, 5.74) is 0.472. The van der Waals surface area contributed by atoms with E-state index in [-0.39, 0.29) is 5.82 Å². The molecule has 1 fully saturated rings. The van der Waals surface area contributed by atoms with Crippen LogP contribution in [0, 0.1) is 17.1 Å². The second-order valence-electron chi connectivity index (χ2n) is 3.99. The third-order valence-electron chi connectivity index (χ3n) is 3.01. The van der Waals surface area contributed by atoms with Crippen LogP contribution >= 0.6 is 0 Å². The van der Waals surface area contributed by atoms with Crippen LogP contribution in [0.4, 0.5) is 4.39 Å². The van der Waals surface area contributed by atoms with E-state index in [0.29, 0.717) is 11.6 Å². The lowest BCUT2D eigenvalue weighted by Crippen LogP contribution is -2.57. The molecular formula is C12H14FN3. The highest BCUT2D eigenvalue weighted by molar-refractivity contribution is 5.26. The predicted molar refractivity (Wildman–Crippen MR) is 59.2 cm³/mol. The number of likely N-dealkylation sites (tertiary alicyclic amines) is 1. The number of benzene rings is 1. The topological polar surface area (TPSA) is 39.1 Å². The Morgan fingerprint density at radius 1 is 1.50 bits per heavy atom. The fourth-order valence-corrected chi connectivity index (χ4v) is 1.95. The molecule has 0 unspecified atom stereocenters. The lowest BCUT2D eigenvalue weighted by molar-refractivity contribution is 0.103. The molecule has 0 saturated carbocycles. The van der Waals surface area contributed by atoms with Crippen LogP contribution in [-0.2, 0) is 0 Å². The molecule has 16 heavy (non-hydrogen) atoms. The Morgan fingerprint density at radius 3 is 2.75 bits per heavy atom. The van der Waals surface area contributed by atoms with E-state index in [4.69, 9.17) is 5.26 Å². The van der Waals surface area contributed by atoms with Gasteiger partial charge < -0.3 is 5.32 Å². The van der Waals surface area contributed by atoms with E-state index < -0.39 is 6.04 Å². The van der Waals surface area contributed by atoms with Crippen molar-refractivity contribution in [3.63, 3.8) is 0 Å². The van der Waals surface area contributed by atoms with Gasteiger partial charge in [0.1, 0.15) is 11.9 Å². The molecular weight excluding hydrogens is 205 g/mol. The van der Waals surface area contributed by atoms with Crippen LogP contribution in [0.5, 0.6) is 0 Å². The summed E-state index contributed by atoms with van der Waals surface area (Å²) in [7, 11) is 1.90. The summed E-state index contributed by atoms with van der Waals surface area (Å²) < 4.78 is 13.5. The van der Waals surface area contributed by atoms with Gasteiger partial charge in [0, 0.05) is 24.7 Å². The molecule has 3 nitrogen and oxygen atoms in total. The molecule has 0 spiro atoms. The van der Waals surface area contributed by atoms with Crippen molar-refractivity contribution in [1.82, 2.24) is 10.2 Å². The number of hydrogen-bond acceptors (Lipinski definition) is 3. The van der Waals surface area contributed by atoms with Crippen LogP contribution < -0.4 is 5.32 Å². The number of likely N-dealkylation sites (N-methyl/N-ethyl adjacent to an activating group) is 1. The third kappa shape index (κ3) is 1.92. The Labute approximate surface area is 94.5 Å². The van der Waals surface area contributed by atoms with Crippen molar-refractivity contribution in [3.8, 4) is 6.07 Å². The van der Waals surface area contributed by atoms with E-state index in [2.05, 4.69) is 11.4 Å². The van der Waals surface area contributed by atoms with E-state index >= 15 is 0 Å². The first kappa shape index (κ1) is 11.1. The maximum absolute atomic E-state index is 13.5. The maximum atomic E-state index is 13.5. The zero-order valence-corrected chi connectivity index (χ0v) is 9.15. The zero-order valence-electron chi connectivity index (χ0n) is 9.15. The number of rotatable bonds is 3. The van der Waals surface area contributed by atoms with Crippen molar-refractivity contribution in [1.29, 1.82) is 5.26 Å². The average molecular weight is 219 g/mol. The highest BCUT2D eigenvalue weighted by atomic mass is 19.1. The average Bonchev–Trinajstić information content (AvgIpc) is 2.24. The van der Waals surface area contributed by atoms with Gasteiger partial charge >= 0.3 is 0 Å². The standard InChI is InChI=1S/C12H14FN3/c1-15-9-7-16(8-9)12(6-14)10-4-2-3-5-11(10)13/h2-5,9,12,15H,7-8H2,1H3/t12-/m1/s1. The van der Waals surface area contributed by atoms with Crippen LogP contribution in [0.2, 0.25) is 0 Å². The first-order chi connectivity index (χ1) is 7.76. The molecule has 1 aliphatic heterocycles. The summed E-state index contributed by atoms with van der Waals surface area (Å²) in [5.74, 6) is -0.304. The Bertz CT molecular complexity index is 407. The lowest BCUT2D eigenvalue weighted by Gasteiger charge is -2.41. The molecule has 4 heteroatoms. The number of nitriles is 1. The molecule has 1 aromatic carbocycles. The maximum Gasteiger partial charge on any atom is 0.129 e. The van der Waals surface area contributed by atoms with Gasteiger partial charge in [-0.2, -0.15) is 5.26 Å². The van der Waals surface area contributed by atoms with Crippen LogP contribution in [0.25, 0.3) is 0 Å². The number of nitrogens with zero attached hydrogens (tertiary/aromatic N) is 2. The molecule has 1 aliphatic rings. The van der Waals surface area contributed by atoms with Crippen LogP contribution in [0.1, 0.15) is 11.6 Å². The van der Waals surface area contributed by atoms with Gasteiger partial charge in [-0.3, -0.25) is 4.90 Å². The van der Waals surface area contributed by atoms with Gasteiger partial charge in [-0.15, -0.1) is 0 Å². The summed E-state index contributed by atoms with van der Waals surface area (Å²) in [4.78, 5) is 1.97. The quantitative estimate of drug-likeness (QED) is 0.832. The molecule has 0 amide bonds. The van der Waals surface area contributed by atoms with Crippen molar-refractivity contribution < 1.29 is 4.39 Å². The van der Waals surface area contributed by atoms with Crippen molar-refractivity contribution in [3.05, 3.63) is 35.6 Å². The van der Waals surface area contributed by atoms with Crippen molar-refractivity contribution in [2.24, 2.45) is 0 Å². The number of halogens is 1. The monoisotopic (exact) mass is 219 g/mol. The summed E-state index contributed by atoms with van der Waals surface area (Å²) in [6, 6.07) is 8.59. The largest absolute Gasteiger partial charge is 0.315 e. The van der Waals surface area contributed by atoms with Crippen LogP contribution in [-0.4, -0.2) is 31.1 Å². The van der Waals surface area contributed by atoms with E-state index in [1.807, 2.05) is 11.9 Å². The van der Waals surface area contributed by atoms with Gasteiger partial charge in [-0.05, 0) is 13.1 Å². The van der Waals surface area contributed by atoms with E-state index in [1.54, 1.807) is 18.2 Å². The summed E-state index contributed by atoms with van der Waals surface area (Å²) in [6.45, 7) is 1.59. The van der Waals surface area contributed by atoms with Crippen molar-refractivity contribution >= 4 is 0 Å².